The van der Waals surface area contributed by atoms with Gasteiger partial charge in [-0.05, 0) is 66.7 Å². The molecular weight excluding hydrogens is 470 g/mol. The number of rotatable bonds is 9. The number of carbonyl (C=O) groups excluding carboxylic acids is 4. The molecule has 172 valence electrons. The summed E-state index contributed by atoms with van der Waals surface area (Å²) in [5, 5.41) is -0.0633. The van der Waals surface area contributed by atoms with Crippen molar-refractivity contribution in [2.24, 2.45) is 0 Å². The number of amides is 2. The zero-order valence-corrected chi connectivity index (χ0v) is 19.4. The zero-order valence-electron chi connectivity index (χ0n) is 17.8. The van der Waals surface area contributed by atoms with Crippen molar-refractivity contribution in [3.05, 3.63) is 63.5 Å². The van der Waals surface area contributed by atoms with Gasteiger partial charge >= 0.3 is 5.97 Å². The molecule has 1 heterocycles. The average Bonchev–Trinajstić information content (AvgIpc) is 3.05. The second-order valence-corrected chi connectivity index (χ2v) is 8.13. The predicted molar refractivity (Wildman–Crippen MR) is 124 cm³/mol. The van der Waals surface area contributed by atoms with Gasteiger partial charge in [-0.2, -0.15) is 0 Å². The van der Waals surface area contributed by atoms with E-state index in [2.05, 4.69) is 0 Å². The van der Waals surface area contributed by atoms with Gasteiger partial charge in [-0.25, -0.2) is 4.79 Å². The molecule has 33 heavy (non-hydrogen) atoms. The second kappa shape index (κ2) is 11.0. The quantitative estimate of drug-likeness (QED) is 0.293. The van der Waals surface area contributed by atoms with Gasteiger partial charge in [0.2, 0.25) is 0 Å². The molecule has 3 rings (SSSR count). The maximum atomic E-state index is 12.8. The van der Waals surface area contributed by atoms with Gasteiger partial charge in [0.1, 0.15) is 0 Å². The van der Waals surface area contributed by atoms with Crippen LogP contribution in [0, 0.1) is 0 Å². The van der Waals surface area contributed by atoms with E-state index in [1.807, 2.05) is 0 Å². The fraction of sp³-hybridized carbons (Fsp3) is 0.217. The zero-order chi connectivity index (χ0) is 24.0. The Balaban J connectivity index is 1.75. The maximum Gasteiger partial charge on any atom is 0.344 e. The lowest BCUT2D eigenvalue weighted by Gasteiger charge is -2.12. The highest BCUT2D eigenvalue weighted by atomic mass is 35.5. The Labute approximate surface area is 199 Å². The monoisotopic (exact) mass is 489 g/mol. The number of carbonyl (C=O) groups is 4. The minimum absolute atomic E-state index is 0.158. The Morgan fingerprint density at radius 2 is 1.82 bits per heavy atom. The normalized spacial score (nSPS) is 14.5. The number of ketones is 1. The molecule has 0 bridgehead atoms. The number of nitrogens with zero attached hydrogens (tertiary/aromatic N) is 1. The molecule has 0 aliphatic carbocycles. The van der Waals surface area contributed by atoms with E-state index in [0.717, 1.165) is 16.7 Å². The first-order valence-electron chi connectivity index (χ1n) is 9.83. The molecule has 1 saturated heterocycles. The highest BCUT2D eigenvalue weighted by Crippen LogP contribution is 2.34. The molecule has 2 aromatic carbocycles. The number of halogens is 1. The van der Waals surface area contributed by atoms with E-state index in [-0.39, 0.29) is 36.2 Å². The minimum Gasteiger partial charge on any atom is -0.493 e. The summed E-state index contributed by atoms with van der Waals surface area (Å²) >= 11 is 6.56. The molecule has 1 aliphatic heterocycles. The van der Waals surface area contributed by atoms with Crippen molar-refractivity contribution in [1.82, 2.24) is 4.90 Å². The van der Waals surface area contributed by atoms with Gasteiger partial charge in [0.05, 0.1) is 25.2 Å². The summed E-state index contributed by atoms with van der Waals surface area (Å²) in [5.74, 6) is -0.822. The standard InChI is InChI=1S/C23H20ClNO7S/c1-3-31-21(27)13-32-19-10-14(4-9-18(19)30-2)11-20-22(28)25(23(29)33-20)12-17(26)15-5-7-16(24)8-6-15/h4-11H,3,12-13H2,1-2H3/b20-11-. The van der Waals surface area contributed by atoms with Crippen LogP contribution in [0.2, 0.25) is 5.02 Å². The third-order valence-corrected chi connectivity index (χ3v) is 5.64. The lowest BCUT2D eigenvalue weighted by molar-refractivity contribution is -0.145. The number of esters is 1. The largest absolute Gasteiger partial charge is 0.493 e. The van der Waals surface area contributed by atoms with E-state index in [9.17, 15) is 19.2 Å². The molecular formula is C23H20ClNO7S. The van der Waals surface area contributed by atoms with E-state index < -0.39 is 17.1 Å². The van der Waals surface area contributed by atoms with E-state index in [1.165, 1.54) is 25.3 Å². The molecule has 8 nitrogen and oxygen atoms in total. The van der Waals surface area contributed by atoms with Crippen LogP contribution in [0.25, 0.3) is 6.08 Å². The van der Waals surface area contributed by atoms with Gasteiger partial charge in [0.15, 0.2) is 23.9 Å². The first-order chi connectivity index (χ1) is 15.8. The average molecular weight is 490 g/mol. The third kappa shape index (κ3) is 6.15. The van der Waals surface area contributed by atoms with Crippen LogP contribution in [0.1, 0.15) is 22.8 Å². The van der Waals surface area contributed by atoms with Crippen molar-refractivity contribution in [3.8, 4) is 11.5 Å². The fourth-order valence-corrected chi connectivity index (χ4v) is 3.86. The summed E-state index contributed by atoms with van der Waals surface area (Å²) in [5.41, 5.74) is 0.894. The number of Topliss-reactive ketones (excluding diaryl/α,β-unsaturated/α-hetero) is 1. The summed E-state index contributed by atoms with van der Waals surface area (Å²) in [6, 6.07) is 11.1. The Morgan fingerprint density at radius 1 is 1.09 bits per heavy atom. The van der Waals surface area contributed by atoms with Crippen LogP contribution < -0.4 is 9.47 Å². The van der Waals surface area contributed by atoms with Crippen molar-refractivity contribution in [3.63, 3.8) is 0 Å². The summed E-state index contributed by atoms with van der Waals surface area (Å²) < 4.78 is 15.5. The van der Waals surface area contributed by atoms with E-state index in [1.54, 1.807) is 37.3 Å². The molecule has 1 fully saturated rings. The van der Waals surface area contributed by atoms with E-state index >= 15 is 0 Å². The topological polar surface area (TPSA) is 99.2 Å². The molecule has 0 spiro atoms. The van der Waals surface area contributed by atoms with Gasteiger partial charge in [-0.15, -0.1) is 0 Å². The third-order valence-electron chi connectivity index (χ3n) is 4.48. The van der Waals surface area contributed by atoms with Crippen LogP contribution in [-0.2, 0) is 14.3 Å². The van der Waals surface area contributed by atoms with Crippen molar-refractivity contribution in [2.75, 3.05) is 26.9 Å². The summed E-state index contributed by atoms with van der Waals surface area (Å²) in [6.07, 6.45) is 1.51. The van der Waals surface area contributed by atoms with Gasteiger partial charge in [-0.3, -0.25) is 19.3 Å². The molecule has 0 unspecified atom stereocenters. The number of imide groups is 1. The molecule has 2 amide bonds. The number of methoxy groups -OCH3 is 1. The van der Waals surface area contributed by atoms with Crippen LogP contribution in [0.3, 0.4) is 0 Å². The lowest BCUT2D eigenvalue weighted by atomic mass is 10.1. The Bertz CT molecular complexity index is 1110. The van der Waals surface area contributed by atoms with Crippen molar-refractivity contribution < 1.29 is 33.4 Å². The number of benzene rings is 2. The van der Waals surface area contributed by atoms with Crippen LogP contribution in [0.15, 0.2) is 47.4 Å². The Morgan fingerprint density at radius 3 is 2.48 bits per heavy atom. The SMILES string of the molecule is CCOC(=O)COc1cc(/C=C2\SC(=O)N(CC(=O)c3ccc(Cl)cc3)C2=O)ccc1OC. The van der Waals surface area contributed by atoms with E-state index in [4.69, 9.17) is 25.8 Å². The minimum atomic E-state index is -0.572. The number of hydrogen-bond acceptors (Lipinski definition) is 8. The molecule has 0 N–H and O–H groups in total. The van der Waals surface area contributed by atoms with Gasteiger partial charge in [-0.1, -0.05) is 17.7 Å². The van der Waals surface area contributed by atoms with Gasteiger partial charge in [0.25, 0.3) is 11.1 Å². The molecule has 0 aromatic heterocycles. The fourth-order valence-electron chi connectivity index (χ4n) is 2.89. The first kappa shape index (κ1) is 24.3. The van der Waals surface area contributed by atoms with Crippen LogP contribution in [0.5, 0.6) is 11.5 Å². The number of ether oxygens (including phenoxy) is 3. The van der Waals surface area contributed by atoms with Gasteiger partial charge < -0.3 is 14.2 Å². The molecule has 0 saturated carbocycles. The molecule has 1 aliphatic rings. The van der Waals surface area contributed by atoms with Crippen LogP contribution in [-0.4, -0.2) is 54.7 Å². The van der Waals surface area contributed by atoms with Crippen molar-refractivity contribution in [2.45, 2.75) is 6.92 Å². The lowest BCUT2D eigenvalue weighted by Crippen LogP contribution is -2.33. The Hall–Kier alpha value is -3.30. The molecule has 0 atom stereocenters. The number of thioether (sulfide) groups is 1. The predicted octanol–water partition coefficient (Wildman–Crippen LogP) is 4.21. The summed E-state index contributed by atoms with van der Waals surface area (Å²) in [6.45, 7) is 1.24. The summed E-state index contributed by atoms with van der Waals surface area (Å²) in [7, 11) is 1.45. The molecule has 0 radical (unpaired) electrons. The Kier molecular flexibility index (Phi) is 8.13. The molecule has 10 heteroatoms. The van der Waals surface area contributed by atoms with Crippen molar-refractivity contribution >= 4 is 52.3 Å². The highest BCUT2D eigenvalue weighted by molar-refractivity contribution is 8.18. The molecule has 2 aromatic rings. The van der Waals surface area contributed by atoms with Crippen molar-refractivity contribution in [1.29, 1.82) is 0 Å². The highest BCUT2D eigenvalue weighted by Gasteiger charge is 2.36. The second-order valence-electron chi connectivity index (χ2n) is 6.70. The van der Waals surface area contributed by atoms with E-state index in [0.29, 0.717) is 21.9 Å². The smallest absolute Gasteiger partial charge is 0.344 e. The number of hydrogen-bond donors (Lipinski definition) is 0. The van der Waals surface area contributed by atoms with Crippen LogP contribution in [0.4, 0.5) is 4.79 Å². The summed E-state index contributed by atoms with van der Waals surface area (Å²) in [4.78, 5) is 50.2. The van der Waals surface area contributed by atoms with Gasteiger partial charge in [0, 0.05) is 10.6 Å². The van der Waals surface area contributed by atoms with Crippen LogP contribution >= 0.6 is 23.4 Å². The maximum absolute atomic E-state index is 12.8. The first-order valence-corrected chi connectivity index (χ1v) is 11.0.